The van der Waals surface area contributed by atoms with Crippen molar-refractivity contribution in [3.05, 3.63) is 65.5 Å². The van der Waals surface area contributed by atoms with Gasteiger partial charge in [-0.2, -0.15) is 0 Å². The molecule has 1 aliphatic rings. The Morgan fingerprint density at radius 1 is 1.22 bits per heavy atom. The number of nitrogens with one attached hydrogen (secondary N) is 2. The Hall–Kier alpha value is -3.51. The number of esters is 1. The number of rotatable bonds is 6. The van der Waals surface area contributed by atoms with E-state index in [2.05, 4.69) is 20.6 Å². The number of aromatic nitrogens is 2. The predicted molar refractivity (Wildman–Crippen MR) is 133 cm³/mol. The number of carbonyl (C=O) groups excluding carboxylic acids is 1. The van der Waals surface area contributed by atoms with Crippen molar-refractivity contribution >= 4 is 49.7 Å². The van der Waals surface area contributed by atoms with E-state index in [4.69, 9.17) is 25.5 Å². The van der Waals surface area contributed by atoms with Crippen molar-refractivity contribution in [3.63, 3.8) is 0 Å². The van der Waals surface area contributed by atoms with Crippen molar-refractivity contribution in [2.75, 3.05) is 32.2 Å². The fraction of sp³-hybridized carbons (Fsp3) is 0.208. The molecule has 2 N–H and O–H groups in total. The van der Waals surface area contributed by atoms with E-state index in [9.17, 15) is 13.2 Å². The van der Waals surface area contributed by atoms with Crippen LogP contribution in [0.5, 0.6) is 0 Å². The summed E-state index contributed by atoms with van der Waals surface area (Å²) in [6, 6.07) is 11.4. The third kappa shape index (κ3) is 4.53. The van der Waals surface area contributed by atoms with Crippen molar-refractivity contribution in [1.29, 1.82) is 0 Å². The zero-order valence-electron chi connectivity index (χ0n) is 19.0. The smallest absolute Gasteiger partial charge is 0.340 e. The lowest BCUT2D eigenvalue weighted by molar-refractivity contribution is 0.0602. The van der Waals surface area contributed by atoms with Crippen LogP contribution < -0.4 is 10.6 Å². The number of ether oxygens (including phenoxy) is 2. The second-order valence-corrected chi connectivity index (χ2v) is 10.4. The Balaban J connectivity index is 1.67. The molecule has 0 bridgehead atoms. The second kappa shape index (κ2) is 9.86. The molecule has 1 unspecified atom stereocenters. The van der Waals surface area contributed by atoms with Crippen molar-refractivity contribution in [2.24, 2.45) is 0 Å². The van der Waals surface area contributed by atoms with Crippen LogP contribution in [0.4, 0.5) is 11.4 Å². The first-order valence-electron chi connectivity index (χ1n) is 10.9. The number of pyridine rings is 1. The van der Waals surface area contributed by atoms with Crippen LogP contribution in [-0.4, -0.2) is 56.6 Å². The Bertz CT molecular complexity index is 1540. The minimum absolute atomic E-state index is 0.0100. The normalized spacial score (nSPS) is 16.1. The Morgan fingerprint density at radius 3 is 2.81 bits per heavy atom. The highest BCUT2D eigenvalue weighted by Gasteiger charge is 2.31. The van der Waals surface area contributed by atoms with E-state index in [0.29, 0.717) is 46.0 Å². The molecule has 0 spiro atoms. The maximum Gasteiger partial charge on any atom is 0.340 e. The van der Waals surface area contributed by atoms with Crippen molar-refractivity contribution in [1.82, 2.24) is 15.3 Å². The minimum atomic E-state index is -3.89. The molecule has 10 nitrogen and oxygen atoms in total. The summed E-state index contributed by atoms with van der Waals surface area (Å²) < 4.78 is 42.5. The number of morpholine rings is 1. The van der Waals surface area contributed by atoms with E-state index in [1.807, 2.05) is 0 Å². The molecular weight excluding hydrogens is 508 g/mol. The number of methoxy groups -OCH3 is 1. The van der Waals surface area contributed by atoms with Crippen molar-refractivity contribution in [3.8, 4) is 11.5 Å². The molecule has 1 fully saturated rings. The molecule has 1 atom stereocenters. The third-order valence-corrected chi connectivity index (χ3v) is 7.77. The number of benzene rings is 2. The number of oxazole rings is 1. The molecule has 5 rings (SSSR count). The number of halogens is 1. The van der Waals surface area contributed by atoms with Crippen LogP contribution >= 0.6 is 11.6 Å². The van der Waals surface area contributed by atoms with Crippen LogP contribution in [0.1, 0.15) is 10.4 Å². The number of carbonyl (C=O) groups is 1. The lowest BCUT2D eigenvalue weighted by Gasteiger charge is -2.24. The zero-order valence-corrected chi connectivity index (χ0v) is 20.6. The fourth-order valence-corrected chi connectivity index (χ4v) is 5.55. The van der Waals surface area contributed by atoms with Gasteiger partial charge in [0.15, 0.2) is 5.03 Å². The maximum absolute atomic E-state index is 13.4. The number of hydrogen-bond donors (Lipinski definition) is 2. The number of fused-ring (bicyclic) bond motifs is 1. The van der Waals surface area contributed by atoms with Crippen LogP contribution in [-0.2, 0) is 19.3 Å². The standard InChI is InChI=1S/C24H21ClN4O6S/c1-33-24(30)22-15(23-27-8-10-35-23)3-2-4-18(22)28-19-12-20(29-17-6-5-14(25)11-16(17)19)36(31,32)21-13-34-9-7-26-21/h2-6,8,10-12,21,26H,7,9,13H2,1H3,(H,28,29). The molecule has 0 saturated carbocycles. The van der Waals surface area contributed by atoms with Gasteiger partial charge >= 0.3 is 5.97 Å². The summed E-state index contributed by atoms with van der Waals surface area (Å²) in [5, 5.41) is 6.07. The van der Waals surface area contributed by atoms with Crippen LogP contribution in [0.2, 0.25) is 5.02 Å². The molecule has 0 aliphatic carbocycles. The van der Waals surface area contributed by atoms with Crippen LogP contribution in [0.15, 0.2) is 64.4 Å². The van der Waals surface area contributed by atoms with Crippen LogP contribution in [0, 0.1) is 0 Å². The molecule has 2 aromatic carbocycles. The highest BCUT2D eigenvalue weighted by molar-refractivity contribution is 7.92. The molecule has 1 saturated heterocycles. The van der Waals surface area contributed by atoms with Crippen molar-refractivity contribution < 1.29 is 27.1 Å². The second-order valence-electron chi connectivity index (χ2n) is 7.91. The molecule has 12 heteroatoms. The SMILES string of the molecule is COC(=O)c1c(Nc2cc(S(=O)(=O)C3COCCN3)nc3ccc(Cl)cc23)cccc1-c1ncco1. The van der Waals surface area contributed by atoms with E-state index >= 15 is 0 Å². The molecule has 0 radical (unpaired) electrons. The number of sulfone groups is 1. The van der Waals surface area contributed by atoms with E-state index in [1.165, 1.54) is 25.6 Å². The largest absolute Gasteiger partial charge is 0.465 e. The lowest BCUT2D eigenvalue weighted by atomic mass is 10.0. The van der Waals surface area contributed by atoms with E-state index in [0.717, 1.165) is 0 Å². The van der Waals surface area contributed by atoms with E-state index < -0.39 is 21.2 Å². The number of anilines is 2. The van der Waals surface area contributed by atoms with Gasteiger partial charge in [0.25, 0.3) is 0 Å². The number of hydrogen-bond acceptors (Lipinski definition) is 10. The average molecular weight is 529 g/mol. The summed E-state index contributed by atoms with van der Waals surface area (Å²) >= 11 is 6.25. The molecule has 2 aromatic heterocycles. The monoisotopic (exact) mass is 528 g/mol. The first-order chi connectivity index (χ1) is 17.4. The summed E-state index contributed by atoms with van der Waals surface area (Å²) in [5.41, 5.74) is 1.72. The molecule has 36 heavy (non-hydrogen) atoms. The Morgan fingerprint density at radius 2 is 2.08 bits per heavy atom. The van der Waals surface area contributed by atoms with Gasteiger partial charge in [-0.25, -0.2) is 23.2 Å². The minimum Gasteiger partial charge on any atom is -0.465 e. The molecule has 0 amide bonds. The summed E-state index contributed by atoms with van der Waals surface area (Å²) in [6.45, 7) is 0.851. The highest BCUT2D eigenvalue weighted by Crippen LogP contribution is 2.35. The van der Waals surface area contributed by atoms with Gasteiger partial charge in [0.1, 0.15) is 11.6 Å². The van der Waals surface area contributed by atoms with Gasteiger partial charge in [-0.15, -0.1) is 0 Å². The Kier molecular flexibility index (Phi) is 6.63. The topological polar surface area (TPSA) is 133 Å². The molecule has 3 heterocycles. The van der Waals surface area contributed by atoms with Gasteiger partial charge in [0.2, 0.25) is 15.7 Å². The van der Waals surface area contributed by atoms with Gasteiger partial charge in [-0.05, 0) is 36.4 Å². The molecule has 186 valence electrons. The number of nitrogens with zero attached hydrogens (tertiary/aromatic N) is 2. The summed E-state index contributed by atoms with van der Waals surface area (Å²) in [4.78, 5) is 21.4. The highest BCUT2D eigenvalue weighted by atomic mass is 35.5. The van der Waals surface area contributed by atoms with Crippen LogP contribution in [0.25, 0.3) is 22.4 Å². The predicted octanol–water partition coefficient (Wildman–Crippen LogP) is 3.79. The molecule has 1 aliphatic heterocycles. The summed E-state index contributed by atoms with van der Waals surface area (Å²) in [6.07, 6.45) is 2.87. The average Bonchev–Trinajstić information content (AvgIpc) is 3.44. The fourth-order valence-electron chi connectivity index (χ4n) is 3.97. The van der Waals surface area contributed by atoms with E-state index in [1.54, 1.807) is 36.4 Å². The molecule has 4 aromatic rings. The lowest BCUT2D eigenvalue weighted by Crippen LogP contribution is -2.46. The van der Waals surface area contributed by atoms with Crippen molar-refractivity contribution in [2.45, 2.75) is 10.4 Å². The van der Waals surface area contributed by atoms with Gasteiger partial charge in [0, 0.05) is 17.0 Å². The van der Waals surface area contributed by atoms with Gasteiger partial charge in [0.05, 0.1) is 54.5 Å². The summed E-state index contributed by atoms with van der Waals surface area (Å²) in [7, 11) is -2.62. The third-order valence-electron chi connectivity index (χ3n) is 5.69. The Labute approximate surface area is 211 Å². The molecular formula is C24H21ClN4O6S. The van der Waals surface area contributed by atoms with Gasteiger partial charge in [-0.1, -0.05) is 17.7 Å². The first kappa shape index (κ1) is 24.2. The van der Waals surface area contributed by atoms with E-state index in [-0.39, 0.29) is 23.1 Å². The summed E-state index contributed by atoms with van der Waals surface area (Å²) in [5.74, 6) is -0.396. The zero-order chi connectivity index (χ0) is 25.3. The van der Waals surface area contributed by atoms with Gasteiger partial charge in [-0.3, -0.25) is 5.32 Å². The maximum atomic E-state index is 13.4. The quantitative estimate of drug-likeness (QED) is 0.356. The van der Waals surface area contributed by atoms with Gasteiger partial charge < -0.3 is 19.2 Å². The first-order valence-corrected chi connectivity index (χ1v) is 12.8. The van der Waals surface area contributed by atoms with Crippen LogP contribution in [0.3, 0.4) is 0 Å².